The molecule has 4 aromatic rings. The summed E-state index contributed by atoms with van der Waals surface area (Å²) in [5.74, 6) is -0.189. The largest absolute Gasteiger partial charge is 0.347 e. The number of pyridine rings is 1. The smallest absolute Gasteiger partial charge is 0.264 e. The van der Waals surface area contributed by atoms with Crippen LogP contribution in [-0.2, 0) is 22.4 Å². The molecule has 1 fully saturated rings. The van der Waals surface area contributed by atoms with Gasteiger partial charge < -0.3 is 4.90 Å². The SMILES string of the molecule is Cc1cccn2c(=O)c3c(nc12)N1CCc2ccccc2[C@H]1[C@]1(C3)C(=O)NN(c2ccccc2)C1=O. The first-order valence-electron chi connectivity index (χ1n) is 12.1. The van der Waals surface area contributed by atoms with Crippen molar-refractivity contribution in [2.45, 2.75) is 25.8 Å². The highest BCUT2D eigenvalue weighted by atomic mass is 16.2. The van der Waals surface area contributed by atoms with Gasteiger partial charge in [0.15, 0.2) is 5.41 Å². The molecule has 8 heteroatoms. The van der Waals surface area contributed by atoms with E-state index in [1.807, 2.05) is 54.3 Å². The number of rotatable bonds is 1. The highest BCUT2D eigenvalue weighted by molar-refractivity contribution is 6.19. The molecule has 3 aliphatic heterocycles. The van der Waals surface area contributed by atoms with Gasteiger partial charge in [0.2, 0.25) is 0 Å². The molecule has 0 radical (unpaired) electrons. The fourth-order valence-electron chi connectivity index (χ4n) is 6.12. The molecule has 8 nitrogen and oxygen atoms in total. The highest BCUT2D eigenvalue weighted by Gasteiger charge is 2.65. The lowest BCUT2D eigenvalue weighted by Crippen LogP contribution is -2.57. The number of nitrogens with one attached hydrogen (secondary N) is 1. The molecule has 3 aliphatic rings. The fraction of sp³-hybridized carbons (Fsp3) is 0.214. The van der Waals surface area contributed by atoms with Crippen LogP contribution in [-0.4, -0.2) is 27.7 Å². The molecule has 1 N–H and O–H groups in total. The van der Waals surface area contributed by atoms with E-state index in [0.717, 1.165) is 23.1 Å². The van der Waals surface area contributed by atoms with Crippen molar-refractivity contribution < 1.29 is 9.59 Å². The van der Waals surface area contributed by atoms with Crippen LogP contribution in [0.5, 0.6) is 0 Å². The van der Waals surface area contributed by atoms with Gasteiger partial charge in [0.25, 0.3) is 17.4 Å². The van der Waals surface area contributed by atoms with Gasteiger partial charge in [-0.2, -0.15) is 0 Å². The van der Waals surface area contributed by atoms with Crippen LogP contribution in [0.2, 0.25) is 0 Å². The van der Waals surface area contributed by atoms with Crippen LogP contribution in [0.4, 0.5) is 11.5 Å². The quantitative estimate of drug-likeness (QED) is 0.426. The molecule has 2 aromatic carbocycles. The Labute approximate surface area is 206 Å². The molecular formula is C28H23N5O3. The number of aromatic nitrogens is 2. The maximum Gasteiger partial charge on any atom is 0.264 e. The lowest BCUT2D eigenvalue weighted by molar-refractivity contribution is -0.137. The summed E-state index contributed by atoms with van der Waals surface area (Å²) in [6.07, 6.45) is 2.40. The standard InChI is InChI=1S/C28H23N5O3/c1-17-8-7-14-32-23(17)29-24-21(25(32)34)16-28(22-20-12-6-5-9-18(20)13-15-31(22)24)26(35)30-33(27(28)36)19-10-3-2-4-11-19/h2-12,14,22H,13,15-16H2,1H3,(H,30,35)/t22-,28+/m0/s1. The summed E-state index contributed by atoms with van der Waals surface area (Å²) in [5, 5.41) is 1.33. The van der Waals surface area contributed by atoms with Gasteiger partial charge in [-0.1, -0.05) is 48.5 Å². The molecule has 1 spiro atoms. The summed E-state index contributed by atoms with van der Waals surface area (Å²) >= 11 is 0. The fourth-order valence-corrected chi connectivity index (χ4v) is 6.12. The van der Waals surface area contributed by atoms with E-state index < -0.39 is 17.4 Å². The van der Waals surface area contributed by atoms with Crippen molar-refractivity contribution in [1.82, 2.24) is 14.8 Å². The highest BCUT2D eigenvalue weighted by Crippen LogP contribution is 2.53. The predicted molar refractivity (Wildman–Crippen MR) is 135 cm³/mol. The first-order valence-corrected chi connectivity index (χ1v) is 12.1. The van der Waals surface area contributed by atoms with E-state index in [-0.39, 0.29) is 17.9 Å². The van der Waals surface area contributed by atoms with E-state index in [2.05, 4.69) is 11.5 Å². The first kappa shape index (κ1) is 20.9. The zero-order valence-corrected chi connectivity index (χ0v) is 19.6. The third-order valence-corrected chi connectivity index (χ3v) is 7.82. The summed E-state index contributed by atoms with van der Waals surface area (Å²) in [5.41, 5.74) is 5.57. The minimum absolute atomic E-state index is 0.0193. The summed E-state index contributed by atoms with van der Waals surface area (Å²) < 4.78 is 1.52. The number of aryl methyl sites for hydroxylation is 1. The Morgan fingerprint density at radius 2 is 1.75 bits per heavy atom. The Morgan fingerprint density at radius 1 is 0.972 bits per heavy atom. The Balaban J connectivity index is 1.51. The average molecular weight is 478 g/mol. The molecule has 2 atom stereocenters. The van der Waals surface area contributed by atoms with Crippen molar-refractivity contribution in [2.75, 3.05) is 16.5 Å². The van der Waals surface area contributed by atoms with Gasteiger partial charge in [-0.05, 0) is 48.2 Å². The van der Waals surface area contributed by atoms with Gasteiger partial charge in [-0.15, -0.1) is 0 Å². The van der Waals surface area contributed by atoms with Crippen LogP contribution in [0.3, 0.4) is 0 Å². The summed E-state index contributed by atoms with van der Waals surface area (Å²) in [6.45, 7) is 2.48. The number of nitrogens with zero attached hydrogens (tertiary/aromatic N) is 4. The number of benzene rings is 2. The number of para-hydroxylation sites is 1. The van der Waals surface area contributed by atoms with Gasteiger partial charge in [0.05, 0.1) is 17.3 Å². The van der Waals surface area contributed by atoms with E-state index in [1.165, 1.54) is 9.41 Å². The van der Waals surface area contributed by atoms with Crippen LogP contribution in [0.15, 0.2) is 77.7 Å². The van der Waals surface area contributed by atoms with E-state index in [4.69, 9.17) is 4.98 Å². The molecule has 1 saturated heterocycles. The van der Waals surface area contributed by atoms with Crippen molar-refractivity contribution in [1.29, 1.82) is 0 Å². The molecule has 2 aromatic heterocycles. The van der Waals surface area contributed by atoms with Crippen molar-refractivity contribution in [3.63, 3.8) is 0 Å². The summed E-state index contributed by atoms with van der Waals surface area (Å²) in [4.78, 5) is 49.0. The Hall–Kier alpha value is -4.46. The maximum atomic E-state index is 14.3. The minimum atomic E-state index is -1.50. The normalized spacial score (nSPS) is 22.4. The molecule has 178 valence electrons. The van der Waals surface area contributed by atoms with Crippen LogP contribution in [0.1, 0.15) is 28.3 Å². The molecule has 0 bridgehead atoms. The number of anilines is 2. The van der Waals surface area contributed by atoms with Gasteiger partial charge in [-0.3, -0.25) is 24.2 Å². The number of amides is 2. The molecular weight excluding hydrogens is 454 g/mol. The summed E-state index contributed by atoms with van der Waals surface area (Å²) in [7, 11) is 0. The van der Waals surface area contributed by atoms with Gasteiger partial charge in [-0.25, -0.2) is 9.99 Å². The second-order valence-electron chi connectivity index (χ2n) is 9.71. The molecule has 2 amide bonds. The lowest BCUT2D eigenvalue weighted by atomic mass is 9.66. The number of hydrazine groups is 1. The van der Waals surface area contributed by atoms with Gasteiger partial charge in [0.1, 0.15) is 11.5 Å². The monoisotopic (exact) mass is 477 g/mol. The van der Waals surface area contributed by atoms with Crippen molar-refractivity contribution in [2.24, 2.45) is 5.41 Å². The van der Waals surface area contributed by atoms with E-state index in [0.29, 0.717) is 29.3 Å². The first-order chi connectivity index (χ1) is 17.5. The Morgan fingerprint density at radius 3 is 2.58 bits per heavy atom. The van der Waals surface area contributed by atoms with Crippen LogP contribution >= 0.6 is 0 Å². The number of hydrogen-bond acceptors (Lipinski definition) is 5. The number of carbonyl (C=O) groups excluding carboxylic acids is 2. The Bertz CT molecular complexity index is 1650. The van der Waals surface area contributed by atoms with Gasteiger partial charge >= 0.3 is 0 Å². The van der Waals surface area contributed by atoms with Crippen LogP contribution in [0, 0.1) is 12.3 Å². The molecule has 0 saturated carbocycles. The Kier molecular flexibility index (Phi) is 4.22. The second-order valence-corrected chi connectivity index (χ2v) is 9.71. The molecule has 7 rings (SSSR count). The van der Waals surface area contributed by atoms with Crippen molar-refractivity contribution >= 4 is 29.0 Å². The average Bonchev–Trinajstić information content (AvgIpc) is 3.15. The maximum absolute atomic E-state index is 14.3. The van der Waals surface area contributed by atoms with Gasteiger partial charge in [0, 0.05) is 19.2 Å². The molecule has 36 heavy (non-hydrogen) atoms. The van der Waals surface area contributed by atoms with E-state index in [9.17, 15) is 14.4 Å². The van der Waals surface area contributed by atoms with Crippen LogP contribution in [0.25, 0.3) is 5.65 Å². The van der Waals surface area contributed by atoms with Crippen molar-refractivity contribution in [3.05, 3.63) is 106 Å². The summed E-state index contributed by atoms with van der Waals surface area (Å²) in [6, 6.07) is 20.2. The third kappa shape index (κ3) is 2.58. The molecule has 5 heterocycles. The topological polar surface area (TPSA) is 87.0 Å². The predicted octanol–water partition coefficient (Wildman–Crippen LogP) is 2.73. The van der Waals surface area contributed by atoms with Crippen LogP contribution < -0.4 is 20.9 Å². The molecule has 0 unspecified atom stereocenters. The third-order valence-electron chi connectivity index (χ3n) is 7.82. The zero-order chi connectivity index (χ0) is 24.6. The molecule has 0 aliphatic carbocycles. The number of carbonyl (C=O) groups is 2. The van der Waals surface area contributed by atoms with E-state index >= 15 is 0 Å². The minimum Gasteiger partial charge on any atom is -0.347 e. The number of fused-ring (bicyclic) bond motifs is 7. The van der Waals surface area contributed by atoms with Crippen molar-refractivity contribution in [3.8, 4) is 0 Å². The van der Waals surface area contributed by atoms with E-state index in [1.54, 1.807) is 24.4 Å². The second kappa shape index (κ2) is 7.27. The number of hydrogen-bond donors (Lipinski definition) is 1. The zero-order valence-electron chi connectivity index (χ0n) is 19.6. The lowest BCUT2D eigenvalue weighted by Gasteiger charge is -2.49.